The van der Waals surface area contributed by atoms with Crippen LogP contribution in [0.4, 0.5) is 5.95 Å². The summed E-state index contributed by atoms with van der Waals surface area (Å²) in [5, 5.41) is 3.36. The maximum atomic E-state index is 4.38. The van der Waals surface area contributed by atoms with Crippen LogP contribution in [0.25, 0.3) is 5.69 Å². The van der Waals surface area contributed by atoms with E-state index in [1.165, 1.54) is 36.1 Å². The van der Waals surface area contributed by atoms with Crippen LogP contribution in [0.15, 0.2) is 30.6 Å². The SMILES string of the molecule is CCCNc1nccn1-c1ccc2c(c1)CCC2. The maximum absolute atomic E-state index is 4.38. The van der Waals surface area contributed by atoms with Gasteiger partial charge in [0.25, 0.3) is 0 Å². The summed E-state index contributed by atoms with van der Waals surface area (Å²) in [6, 6.07) is 6.77. The van der Waals surface area contributed by atoms with Gasteiger partial charge in [0.1, 0.15) is 0 Å². The van der Waals surface area contributed by atoms with Crippen LogP contribution in [0.3, 0.4) is 0 Å². The molecule has 3 nitrogen and oxygen atoms in total. The van der Waals surface area contributed by atoms with E-state index in [0.717, 1.165) is 18.9 Å². The molecular weight excluding hydrogens is 222 g/mol. The highest BCUT2D eigenvalue weighted by molar-refractivity contribution is 5.47. The molecule has 0 fully saturated rings. The smallest absolute Gasteiger partial charge is 0.207 e. The van der Waals surface area contributed by atoms with Crippen molar-refractivity contribution in [2.75, 3.05) is 11.9 Å². The average Bonchev–Trinajstić information content (AvgIpc) is 3.03. The third kappa shape index (κ3) is 2.01. The van der Waals surface area contributed by atoms with Gasteiger partial charge in [0, 0.05) is 24.6 Å². The summed E-state index contributed by atoms with van der Waals surface area (Å²) in [4.78, 5) is 4.38. The number of benzene rings is 1. The Balaban J connectivity index is 1.92. The number of hydrogen-bond acceptors (Lipinski definition) is 2. The molecule has 0 atom stereocenters. The van der Waals surface area contributed by atoms with Crippen LogP contribution in [-0.4, -0.2) is 16.1 Å². The minimum Gasteiger partial charge on any atom is -0.355 e. The largest absolute Gasteiger partial charge is 0.355 e. The molecule has 0 amide bonds. The molecule has 3 rings (SSSR count). The first kappa shape index (κ1) is 11.3. The fraction of sp³-hybridized carbons (Fsp3) is 0.400. The van der Waals surface area contributed by atoms with Gasteiger partial charge in [-0.05, 0) is 48.9 Å². The Morgan fingerprint density at radius 1 is 1.28 bits per heavy atom. The molecule has 1 aromatic heterocycles. The number of anilines is 1. The topological polar surface area (TPSA) is 29.9 Å². The lowest BCUT2D eigenvalue weighted by atomic mass is 10.1. The lowest BCUT2D eigenvalue weighted by Gasteiger charge is -2.10. The van der Waals surface area contributed by atoms with E-state index in [4.69, 9.17) is 0 Å². The monoisotopic (exact) mass is 241 g/mol. The zero-order chi connectivity index (χ0) is 12.4. The minimum atomic E-state index is 0.940. The van der Waals surface area contributed by atoms with Crippen LogP contribution in [0, 0.1) is 0 Å². The highest BCUT2D eigenvalue weighted by Gasteiger charge is 2.12. The molecular formula is C15H19N3. The van der Waals surface area contributed by atoms with E-state index >= 15 is 0 Å². The van der Waals surface area contributed by atoms with Crippen LogP contribution >= 0.6 is 0 Å². The fourth-order valence-corrected chi connectivity index (χ4v) is 2.59. The summed E-state index contributed by atoms with van der Waals surface area (Å²) in [6.07, 6.45) is 8.73. The number of aromatic nitrogens is 2. The van der Waals surface area contributed by atoms with Crippen molar-refractivity contribution in [3.8, 4) is 5.69 Å². The van der Waals surface area contributed by atoms with Crippen molar-refractivity contribution >= 4 is 5.95 Å². The number of fused-ring (bicyclic) bond motifs is 1. The van der Waals surface area contributed by atoms with Crippen LogP contribution in [0.1, 0.15) is 30.9 Å². The molecule has 0 spiro atoms. The Morgan fingerprint density at radius 2 is 2.17 bits per heavy atom. The van der Waals surface area contributed by atoms with E-state index < -0.39 is 0 Å². The molecule has 3 heteroatoms. The van der Waals surface area contributed by atoms with Crippen molar-refractivity contribution in [1.82, 2.24) is 9.55 Å². The number of imidazole rings is 1. The number of nitrogens with zero attached hydrogens (tertiary/aromatic N) is 2. The zero-order valence-electron chi connectivity index (χ0n) is 10.8. The molecule has 94 valence electrons. The van der Waals surface area contributed by atoms with Gasteiger partial charge < -0.3 is 5.32 Å². The summed E-state index contributed by atoms with van der Waals surface area (Å²) < 4.78 is 2.13. The van der Waals surface area contributed by atoms with Crippen LogP contribution in [0.5, 0.6) is 0 Å². The Labute approximate surface area is 108 Å². The molecule has 1 aliphatic carbocycles. The molecule has 1 N–H and O–H groups in total. The molecule has 1 aromatic carbocycles. The summed E-state index contributed by atoms with van der Waals surface area (Å²) in [5.41, 5.74) is 4.23. The lowest BCUT2D eigenvalue weighted by Crippen LogP contribution is -2.06. The van der Waals surface area contributed by atoms with Gasteiger partial charge in [-0.3, -0.25) is 4.57 Å². The highest BCUT2D eigenvalue weighted by Crippen LogP contribution is 2.25. The second-order valence-corrected chi connectivity index (χ2v) is 4.85. The first-order valence-electron chi connectivity index (χ1n) is 6.78. The molecule has 1 aliphatic rings. The molecule has 0 bridgehead atoms. The van der Waals surface area contributed by atoms with Gasteiger partial charge in [-0.1, -0.05) is 13.0 Å². The number of aryl methyl sites for hydroxylation is 2. The Bertz CT molecular complexity index is 542. The second kappa shape index (κ2) is 4.84. The molecule has 0 aliphatic heterocycles. The third-order valence-corrected chi connectivity index (χ3v) is 3.53. The van der Waals surface area contributed by atoms with E-state index in [9.17, 15) is 0 Å². The molecule has 0 saturated heterocycles. The molecule has 18 heavy (non-hydrogen) atoms. The van der Waals surface area contributed by atoms with Gasteiger partial charge in [0.15, 0.2) is 0 Å². The standard InChI is InChI=1S/C15H19N3/c1-2-8-16-15-17-9-10-18(15)14-7-6-12-4-3-5-13(12)11-14/h6-7,9-11H,2-5,8H2,1H3,(H,16,17). The number of hydrogen-bond donors (Lipinski definition) is 1. The third-order valence-electron chi connectivity index (χ3n) is 3.53. The van der Waals surface area contributed by atoms with Crippen molar-refractivity contribution in [2.24, 2.45) is 0 Å². The Kier molecular flexibility index (Phi) is 3.05. The predicted octanol–water partition coefficient (Wildman–Crippen LogP) is 3.18. The predicted molar refractivity (Wildman–Crippen MR) is 74.4 cm³/mol. The second-order valence-electron chi connectivity index (χ2n) is 4.85. The molecule has 0 unspecified atom stereocenters. The first-order valence-corrected chi connectivity index (χ1v) is 6.78. The molecule has 1 heterocycles. The van der Waals surface area contributed by atoms with Crippen molar-refractivity contribution in [2.45, 2.75) is 32.6 Å². The van der Waals surface area contributed by atoms with Crippen LogP contribution in [0.2, 0.25) is 0 Å². The summed E-state index contributed by atoms with van der Waals surface area (Å²) in [5.74, 6) is 0.940. The zero-order valence-corrected chi connectivity index (χ0v) is 10.8. The van der Waals surface area contributed by atoms with Gasteiger partial charge in [-0.2, -0.15) is 0 Å². The number of nitrogens with one attached hydrogen (secondary N) is 1. The van der Waals surface area contributed by atoms with Gasteiger partial charge in [0.2, 0.25) is 5.95 Å². The van der Waals surface area contributed by atoms with E-state index in [0.29, 0.717) is 0 Å². The van der Waals surface area contributed by atoms with Gasteiger partial charge in [-0.15, -0.1) is 0 Å². The average molecular weight is 241 g/mol. The van der Waals surface area contributed by atoms with Gasteiger partial charge in [0.05, 0.1) is 0 Å². The van der Waals surface area contributed by atoms with Gasteiger partial charge >= 0.3 is 0 Å². The minimum absolute atomic E-state index is 0.940. The Morgan fingerprint density at radius 3 is 3.06 bits per heavy atom. The van der Waals surface area contributed by atoms with E-state index in [1.807, 2.05) is 12.4 Å². The van der Waals surface area contributed by atoms with E-state index in [1.54, 1.807) is 0 Å². The van der Waals surface area contributed by atoms with Crippen molar-refractivity contribution < 1.29 is 0 Å². The van der Waals surface area contributed by atoms with Crippen molar-refractivity contribution in [1.29, 1.82) is 0 Å². The molecule has 0 saturated carbocycles. The van der Waals surface area contributed by atoms with E-state index in [-0.39, 0.29) is 0 Å². The molecule has 0 radical (unpaired) electrons. The van der Waals surface area contributed by atoms with Crippen molar-refractivity contribution in [3.05, 3.63) is 41.7 Å². The lowest BCUT2D eigenvalue weighted by molar-refractivity contribution is 0.911. The summed E-state index contributed by atoms with van der Waals surface area (Å²) in [6.45, 7) is 3.12. The van der Waals surface area contributed by atoms with Crippen molar-refractivity contribution in [3.63, 3.8) is 0 Å². The van der Waals surface area contributed by atoms with Gasteiger partial charge in [-0.25, -0.2) is 4.98 Å². The quantitative estimate of drug-likeness (QED) is 0.891. The summed E-state index contributed by atoms with van der Waals surface area (Å²) in [7, 11) is 0. The normalized spacial score (nSPS) is 13.6. The summed E-state index contributed by atoms with van der Waals surface area (Å²) >= 11 is 0. The number of rotatable bonds is 4. The van der Waals surface area contributed by atoms with Crippen LogP contribution in [-0.2, 0) is 12.8 Å². The highest BCUT2D eigenvalue weighted by atomic mass is 15.2. The fourth-order valence-electron chi connectivity index (χ4n) is 2.59. The Hall–Kier alpha value is -1.77. The molecule has 2 aromatic rings. The first-order chi connectivity index (χ1) is 8.88. The maximum Gasteiger partial charge on any atom is 0.207 e. The van der Waals surface area contributed by atoms with E-state index in [2.05, 4.69) is 40.0 Å². The van der Waals surface area contributed by atoms with Crippen LogP contribution < -0.4 is 5.32 Å².